The van der Waals surface area contributed by atoms with Crippen molar-refractivity contribution in [3.05, 3.63) is 0 Å². The van der Waals surface area contributed by atoms with Gasteiger partial charge in [0.15, 0.2) is 6.29 Å². The molecule has 6 nitrogen and oxygen atoms in total. The summed E-state index contributed by atoms with van der Waals surface area (Å²) in [6.45, 7) is -2.47. The summed E-state index contributed by atoms with van der Waals surface area (Å²) in [4.78, 5) is 0. The number of alkyl halides is 17. The molecule has 0 spiro atoms. The van der Waals surface area contributed by atoms with Crippen molar-refractivity contribution in [3.63, 3.8) is 0 Å². The van der Waals surface area contributed by atoms with Crippen molar-refractivity contribution >= 4 is 0 Å². The van der Waals surface area contributed by atoms with E-state index in [1.807, 2.05) is 0 Å². The molecule has 4 N–H and O–H groups in total. The second kappa shape index (κ2) is 11.0. The van der Waals surface area contributed by atoms with Gasteiger partial charge in [-0.1, -0.05) is 0 Å². The Bertz CT molecular complexity index is 864. The molecule has 23 heteroatoms. The quantitative estimate of drug-likeness (QED) is 0.193. The van der Waals surface area contributed by atoms with E-state index < -0.39 is 104 Å². The van der Waals surface area contributed by atoms with Crippen LogP contribution in [0.5, 0.6) is 0 Å². The van der Waals surface area contributed by atoms with Crippen LogP contribution in [0.25, 0.3) is 0 Å². The zero-order valence-electron chi connectivity index (χ0n) is 18.7. The van der Waals surface area contributed by atoms with Gasteiger partial charge >= 0.3 is 47.6 Å². The zero-order chi connectivity index (χ0) is 32.1. The molecule has 1 aliphatic heterocycles. The van der Waals surface area contributed by atoms with Gasteiger partial charge in [-0.15, -0.1) is 0 Å². The van der Waals surface area contributed by atoms with Gasteiger partial charge in [0.05, 0.1) is 6.61 Å². The smallest absolute Gasteiger partial charge is 0.394 e. The van der Waals surface area contributed by atoms with Crippen LogP contribution in [-0.2, 0) is 9.47 Å². The van der Waals surface area contributed by atoms with E-state index in [0.717, 1.165) is 0 Å². The Labute approximate surface area is 210 Å². The lowest BCUT2D eigenvalue weighted by Crippen LogP contribution is -2.74. The Hall–Kier alpha value is -1.43. The monoisotopic (exact) mass is 640 g/mol. The lowest BCUT2D eigenvalue weighted by atomic mass is 9.88. The van der Waals surface area contributed by atoms with E-state index in [1.165, 1.54) is 0 Å². The molecule has 240 valence electrons. The molecule has 1 rings (SSSR count). The molecule has 0 aromatic heterocycles. The Kier molecular flexibility index (Phi) is 10.1. The third-order valence-corrected chi connectivity index (χ3v) is 5.57. The van der Waals surface area contributed by atoms with Crippen LogP contribution in [0.1, 0.15) is 12.8 Å². The molecular formula is C17H17F17O6. The third-order valence-electron chi connectivity index (χ3n) is 5.57. The fourth-order valence-electron chi connectivity index (χ4n) is 3.13. The number of aliphatic hydroxyl groups excluding tert-OH is 4. The Morgan fingerprint density at radius 3 is 1.38 bits per heavy atom. The van der Waals surface area contributed by atoms with Gasteiger partial charge in [-0.3, -0.25) is 0 Å². The highest BCUT2D eigenvalue weighted by molar-refractivity contribution is 5.15. The first-order chi connectivity index (χ1) is 17.5. The maximum absolute atomic E-state index is 13.9. The van der Waals surface area contributed by atoms with Crippen molar-refractivity contribution < 1.29 is 105 Å². The van der Waals surface area contributed by atoms with Crippen molar-refractivity contribution in [1.82, 2.24) is 0 Å². The van der Waals surface area contributed by atoms with E-state index in [-0.39, 0.29) is 0 Å². The van der Waals surface area contributed by atoms with Gasteiger partial charge in [0, 0.05) is 13.0 Å². The number of rotatable bonds is 12. The predicted octanol–water partition coefficient (Wildman–Crippen LogP) is 3.59. The summed E-state index contributed by atoms with van der Waals surface area (Å²) in [5, 5.41) is 37.7. The molecule has 0 aliphatic carbocycles. The van der Waals surface area contributed by atoms with Crippen LogP contribution in [0.4, 0.5) is 74.6 Å². The normalized spacial score (nSPS) is 26.8. The molecule has 5 atom stereocenters. The second-order valence-corrected chi connectivity index (χ2v) is 8.32. The molecule has 1 saturated heterocycles. The molecule has 1 heterocycles. The fourth-order valence-corrected chi connectivity index (χ4v) is 3.13. The molecule has 0 aromatic rings. The van der Waals surface area contributed by atoms with E-state index in [2.05, 4.69) is 9.47 Å². The highest BCUT2D eigenvalue weighted by Gasteiger charge is 2.95. The molecule has 0 radical (unpaired) electrons. The molecule has 0 amide bonds. The van der Waals surface area contributed by atoms with Crippen molar-refractivity contribution in [2.45, 2.75) is 91.2 Å². The van der Waals surface area contributed by atoms with Gasteiger partial charge in [0.25, 0.3) is 0 Å². The van der Waals surface area contributed by atoms with Crippen LogP contribution >= 0.6 is 0 Å². The van der Waals surface area contributed by atoms with Crippen LogP contribution in [-0.4, -0.2) is 112 Å². The van der Waals surface area contributed by atoms with Crippen LogP contribution in [0.2, 0.25) is 0 Å². The molecule has 1 aliphatic rings. The minimum atomic E-state index is -8.72. The first-order valence-electron chi connectivity index (χ1n) is 10.1. The van der Waals surface area contributed by atoms with Gasteiger partial charge in [0.2, 0.25) is 0 Å². The molecule has 1 fully saturated rings. The average Bonchev–Trinajstić information content (AvgIpc) is 2.79. The first-order valence-corrected chi connectivity index (χ1v) is 10.1. The Morgan fingerprint density at radius 2 is 0.975 bits per heavy atom. The van der Waals surface area contributed by atoms with Gasteiger partial charge in [-0.05, 0) is 6.42 Å². The van der Waals surface area contributed by atoms with Gasteiger partial charge in [-0.2, -0.15) is 74.6 Å². The topological polar surface area (TPSA) is 99.4 Å². The molecule has 0 saturated carbocycles. The van der Waals surface area contributed by atoms with Crippen LogP contribution in [0.15, 0.2) is 0 Å². The van der Waals surface area contributed by atoms with E-state index in [1.54, 1.807) is 0 Å². The standard InChI is InChI=1S/C17H17F17O6/c18-10(19,2-1-3-39-8-6(36)5(4-35)40-9(38)7(8)37)11(20,21)12(22,23)13(24,25)14(26,27)15(28,29)16(30,31)17(32,33)34/h5-9,35-38H,1-4H2/t5-,6-,7+,8+,9-/m0/s1. The number of hydrogen-bond donors (Lipinski definition) is 4. The van der Waals surface area contributed by atoms with Crippen LogP contribution in [0, 0.1) is 0 Å². The summed E-state index contributed by atoms with van der Waals surface area (Å²) in [5.74, 6) is -57.1. The zero-order valence-corrected chi connectivity index (χ0v) is 18.7. The van der Waals surface area contributed by atoms with E-state index >= 15 is 0 Å². The van der Waals surface area contributed by atoms with Crippen molar-refractivity contribution in [3.8, 4) is 0 Å². The van der Waals surface area contributed by atoms with Gasteiger partial charge in [0.1, 0.15) is 24.4 Å². The number of ether oxygens (including phenoxy) is 2. The third kappa shape index (κ3) is 5.52. The maximum atomic E-state index is 13.9. The van der Waals surface area contributed by atoms with E-state index in [0.29, 0.717) is 0 Å². The highest BCUT2D eigenvalue weighted by atomic mass is 19.4. The average molecular weight is 640 g/mol. The lowest BCUT2D eigenvalue weighted by Gasteiger charge is -2.43. The Morgan fingerprint density at radius 1 is 0.575 bits per heavy atom. The molecular weight excluding hydrogens is 623 g/mol. The number of hydrogen-bond acceptors (Lipinski definition) is 6. The first kappa shape index (κ1) is 36.6. The molecule has 0 unspecified atom stereocenters. The second-order valence-electron chi connectivity index (χ2n) is 8.32. The highest BCUT2D eigenvalue weighted by Crippen LogP contribution is 2.64. The minimum absolute atomic E-state index is 1.06. The van der Waals surface area contributed by atoms with Crippen LogP contribution in [0.3, 0.4) is 0 Å². The molecule has 40 heavy (non-hydrogen) atoms. The lowest BCUT2D eigenvalue weighted by molar-refractivity contribution is -0.461. The summed E-state index contributed by atoms with van der Waals surface area (Å²) in [7, 11) is 0. The van der Waals surface area contributed by atoms with E-state index in [4.69, 9.17) is 5.11 Å². The predicted molar refractivity (Wildman–Crippen MR) is 89.6 cm³/mol. The van der Waals surface area contributed by atoms with Gasteiger partial charge in [-0.25, -0.2) is 0 Å². The number of halogens is 17. The maximum Gasteiger partial charge on any atom is 0.460 e. The summed E-state index contributed by atoms with van der Waals surface area (Å²) in [5.41, 5.74) is 0. The van der Waals surface area contributed by atoms with Crippen molar-refractivity contribution in [2.75, 3.05) is 13.2 Å². The van der Waals surface area contributed by atoms with E-state index in [9.17, 15) is 90.0 Å². The number of aliphatic hydroxyl groups is 4. The summed E-state index contributed by atoms with van der Waals surface area (Å²) < 4.78 is 234. The van der Waals surface area contributed by atoms with Crippen molar-refractivity contribution in [2.24, 2.45) is 0 Å². The van der Waals surface area contributed by atoms with Gasteiger partial charge < -0.3 is 29.9 Å². The summed E-state index contributed by atoms with van der Waals surface area (Å²) in [6.07, 6.45) is -22.5. The Balaban J connectivity index is 3.19. The summed E-state index contributed by atoms with van der Waals surface area (Å²) in [6, 6.07) is 0. The molecule has 0 bridgehead atoms. The largest absolute Gasteiger partial charge is 0.460 e. The van der Waals surface area contributed by atoms with Crippen molar-refractivity contribution in [1.29, 1.82) is 0 Å². The SMILES string of the molecule is OC[C@@H]1O[C@H](O)[C@H](O)[C@H](OCCCC(F)(F)C(F)(F)C(F)(F)C(F)(F)C(F)(F)C(F)(F)C(F)(F)C(F)(F)F)[C@H]1O. The minimum Gasteiger partial charge on any atom is -0.394 e. The molecule has 0 aromatic carbocycles. The van der Waals surface area contributed by atoms with Crippen LogP contribution < -0.4 is 0 Å². The fraction of sp³-hybridized carbons (Fsp3) is 1.00. The summed E-state index contributed by atoms with van der Waals surface area (Å²) >= 11 is 0.